The van der Waals surface area contributed by atoms with E-state index in [4.69, 9.17) is 0 Å². The lowest BCUT2D eigenvalue weighted by atomic mass is 9.80. The fraction of sp³-hybridized carbons (Fsp3) is 1.00. The molecule has 0 aliphatic carbocycles. The molecule has 1 atom stereocenters. The van der Waals surface area contributed by atoms with Gasteiger partial charge in [-0.15, -0.1) is 0 Å². The van der Waals surface area contributed by atoms with Crippen molar-refractivity contribution in [3.63, 3.8) is 0 Å². The zero-order valence-corrected chi connectivity index (χ0v) is 9.65. The molecule has 12 heavy (non-hydrogen) atoms. The van der Waals surface area contributed by atoms with Crippen LogP contribution in [0, 0.1) is 11.3 Å². The van der Waals surface area contributed by atoms with Crippen LogP contribution in [0.3, 0.4) is 0 Å². The summed E-state index contributed by atoms with van der Waals surface area (Å²) in [6, 6.07) is 0. The number of hydrogen-bond acceptors (Lipinski definition) is 1. The van der Waals surface area contributed by atoms with E-state index in [-0.39, 0.29) is 0 Å². The summed E-state index contributed by atoms with van der Waals surface area (Å²) in [4.78, 5) is 2.43. The maximum absolute atomic E-state index is 2.43. The Morgan fingerprint density at radius 3 is 1.83 bits per heavy atom. The zero-order valence-electron chi connectivity index (χ0n) is 9.65. The Bertz CT molecular complexity index is 113. The van der Waals surface area contributed by atoms with Crippen LogP contribution in [0.1, 0.15) is 41.0 Å². The molecule has 0 aromatic heterocycles. The SMILES string of the molecule is CC.CN1CCC(C(C)(C)C)C1. The molecule has 0 saturated carbocycles. The second kappa shape index (κ2) is 4.86. The fourth-order valence-electron chi connectivity index (χ4n) is 1.64. The van der Waals surface area contributed by atoms with Gasteiger partial charge in [-0.2, -0.15) is 0 Å². The second-order valence-corrected chi connectivity index (χ2v) is 4.61. The first-order chi connectivity index (χ1) is 5.50. The minimum atomic E-state index is 0.519. The van der Waals surface area contributed by atoms with E-state index in [1.807, 2.05) is 13.8 Å². The van der Waals surface area contributed by atoms with Crippen LogP contribution in [0.15, 0.2) is 0 Å². The Labute approximate surface area is 78.1 Å². The predicted octanol–water partition coefficient (Wildman–Crippen LogP) is 3.01. The molecule has 1 aliphatic heterocycles. The summed E-state index contributed by atoms with van der Waals surface area (Å²) in [6.07, 6.45) is 1.39. The molecular formula is C11H25N. The van der Waals surface area contributed by atoms with Crippen LogP contribution in [0.4, 0.5) is 0 Å². The highest BCUT2D eigenvalue weighted by Crippen LogP contribution is 2.32. The van der Waals surface area contributed by atoms with E-state index >= 15 is 0 Å². The van der Waals surface area contributed by atoms with Crippen molar-refractivity contribution in [2.45, 2.75) is 41.0 Å². The van der Waals surface area contributed by atoms with Gasteiger partial charge < -0.3 is 4.90 Å². The molecule has 1 unspecified atom stereocenters. The number of rotatable bonds is 0. The molecule has 1 rings (SSSR count). The molecule has 1 heteroatoms. The molecule has 1 aliphatic rings. The van der Waals surface area contributed by atoms with Crippen LogP contribution in [0.2, 0.25) is 0 Å². The highest BCUT2D eigenvalue weighted by molar-refractivity contribution is 4.81. The van der Waals surface area contributed by atoms with Crippen molar-refractivity contribution in [2.75, 3.05) is 20.1 Å². The van der Waals surface area contributed by atoms with Gasteiger partial charge in [-0.05, 0) is 31.3 Å². The van der Waals surface area contributed by atoms with Gasteiger partial charge in [0.05, 0.1) is 0 Å². The highest BCUT2D eigenvalue weighted by atomic mass is 15.1. The monoisotopic (exact) mass is 171 g/mol. The van der Waals surface area contributed by atoms with Crippen LogP contribution in [-0.4, -0.2) is 25.0 Å². The Kier molecular flexibility index (Phi) is 4.84. The standard InChI is InChI=1S/C9H19N.C2H6/c1-9(2,3)8-5-6-10(4)7-8;1-2/h8H,5-7H2,1-4H3;1-2H3. The molecule has 1 nitrogen and oxygen atoms in total. The molecule has 0 radical (unpaired) electrons. The van der Waals surface area contributed by atoms with Crippen LogP contribution >= 0.6 is 0 Å². The first kappa shape index (κ1) is 12.0. The molecule has 1 fully saturated rings. The summed E-state index contributed by atoms with van der Waals surface area (Å²) in [5, 5.41) is 0. The van der Waals surface area contributed by atoms with Crippen molar-refractivity contribution in [1.82, 2.24) is 4.90 Å². The largest absolute Gasteiger partial charge is 0.306 e. The lowest BCUT2D eigenvalue weighted by Crippen LogP contribution is -2.23. The minimum absolute atomic E-state index is 0.519. The molecule has 0 bridgehead atoms. The van der Waals surface area contributed by atoms with Crippen molar-refractivity contribution in [2.24, 2.45) is 11.3 Å². The number of hydrogen-bond donors (Lipinski definition) is 0. The summed E-state index contributed by atoms with van der Waals surface area (Å²) >= 11 is 0. The van der Waals surface area contributed by atoms with Crippen molar-refractivity contribution >= 4 is 0 Å². The molecule has 0 aromatic carbocycles. The van der Waals surface area contributed by atoms with Gasteiger partial charge in [0, 0.05) is 6.54 Å². The summed E-state index contributed by atoms with van der Waals surface area (Å²) in [6.45, 7) is 13.6. The average molecular weight is 171 g/mol. The van der Waals surface area contributed by atoms with Crippen LogP contribution in [0.5, 0.6) is 0 Å². The first-order valence-corrected chi connectivity index (χ1v) is 5.18. The molecule has 1 heterocycles. The normalized spacial score (nSPS) is 25.0. The summed E-state index contributed by atoms with van der Waals surface area (Å²) in [5.41, 5.74) is 0.519. The van der Waals surface area contributed by atoms with Crippen LogP contribution < -0.4 is 0 Å². The molecule has 1 saturated heterocycles. The Hall–Kier alpha value is -0.0400. The summed E-state index contributed by atoms with van der Waals surface area (Å²) in [7, 11) is 2.21. The van der Waals surface area contributed by atoms with Gasteiger partial charge in [-0.1, -0.05) is 34.6 Å². The smallest absolute Gasteiger partial charge is 0.00121 e. The maximum atomic E-state index is 2.43. The summed E-state index contributed by atoms with van der Waals surface area (Å²) in [5.74, 6) is 0.914. The predicted molar refractivity (Wildman–Crippen MR) is 56.4 cm³/mol. The lowest BCUT2D eigenvalue weighted by Gasteiger charge is -2.26. The topological polar surface area (TPSA) is 3.24 Å². The Morgan fingerprint density at radius 1 is 1.17 bits per heavy atom. The van der Waals surface area contributed by atoms with Crippen molar-refractivity contribution < 1.29 is 0 Å². The van der Waals surface area contributed by atoms with Crippen molar-refractivity contribution in [1.29, 1.82) is 0 Å². The van der Waals surface area contributed by atoms with E-state index in [9.17, 15) is 0 Å². The molecule has 0 aromatic rings. The molecule has 0 amide bonds. The Morgan fingerprint density at radius 2 is 1.67 bits per heavy atom. The van der Waals surface area contributed by atoms with Gasteiger partial charge in [0.25, 0.3) is 0 Å². The molecule has 74 valence electrons. The second-order valence-electron chi connectivity index (χ2n) is 4.61. The number of likely N-dealkylation sites (tertiary alicyclic amines) is 1. The quantitative estimate of drug-likeness (QED) is 0.541. The third-order valence-electron chi connectivity index (χ3n) is 2.62. The van der Waals surface area contributed by atoms with Crippen LogP contribution in [0.25, 0.3) is 0 Å². The third-order valence-corrected chi connectivity index (χ3v) is 2.62. The molecular weight excluding hydrogens is 146 g/mol. The van der Waals surface area contributed by atoms with Crippen molar-refractivity contribution in [3.05, 3.63) is 0 Å². The van der Waals surface area contributed by atoms with Gasteiger partial charge in [0.1, 0.15) is 0 Å². The van der Waals surface area contributed by atoms with Gasteiger partial charge in [-0.3, -0.25) is 0 Å². The van der Waals surface area contributed by atoms with Crippen LogP contribution in [-0.2, 0) is 0 Å². The molecule has 0 N–H and O–H groups in total. The van der Waals surface area contributed by atoms with E-state index < -0.39 is 0 Å². The zero-order chi connectivity index (χ0) is 9.78. The van der Waals surface area contributed by atoms with E-state index in [0.29, 0.717) is 5.41 Å². The van der Waals surface area contributed by atoms with E-state index in [2.05, 4.69) is 32.7 Å². The van der Waals surface area contributed by atoms with Gasteiger partial charge in [-0.25, -0.2) is 0 Å². The average Bonchev–Trinajstić information content (AvgIpc) is 2.39. The minimum Gasteiger partial charge on any atom is -0.306 e. The van der Waals surface area contributed by atoms with Gasteiger partial charge in [0.15, 0.2) is 0 Å². The van der Waals surface area contributed by atoms with E-state index in [0.717, 1.165) is 5.92 Å². The van der Waals surface area contributed by atoms with Gasteiger partial charge >= 0.3 is 0 Å². The molecule has 0 spiro atoms. The van der Waals surface area contributed by atoms with Gasteiger partial charge in [0.2, 0.25) is 0 Å². The van der Waals surface area contributed by atoms with E-state index in [1.54, 1.807) is 0 Å². The maximum Gasteiger partial charge on any atom is 0.00121 e. The third kappa shape index (κ3) is 3.57. The first-order valence-electron chi connectivity index (χ1n) is 5.18. The fourth-order valence-corrected chi connectivity index (χ4v) is 1.64. The number of nitrogens with zero attached hydrogens (tertiary/aromatic N) is 1. The Balaban J connectivity index is 0.000000561. The van der Waals surface area contributed by atoms with E-state index in [1.165, 1.54) is 19.5 Å². The highest BCUT2D eigenvalue weighted by Gasteiger charge is 2.29. The lowest BCUT2D eigenvalue weighted by molar-refractivity contribution is 0.241. The summed E-state index contributed by atoms with van der Waals surface area (Å²) < 4.78 is 0. The van der Waals surface area contributed by atoms with Crippen molar-refractivity contribution in [3.8, 4) is 0 Å².